The van der Waals surface area contributed by atoms with E-state index < -0.39 is 12.0 Å². The molecule has 3 N–H and O–H groups in total. The van der Waals surface area contributed by atoms with Gasteiger partial charge in [0.05, 0.1) is 5.92 Å². The molecule has 0 spiro atoms. The molecule has 0 saturated carbocycles. The van der Waals surface area contributed by atoms with Gasteiger partial charge in [-0.15, -0.1) is 0 Å². The molecule has 1 heterocycles. The molecular weight excluding hydrogens is 446 g/mol. The van der Waals surface area contributed by atoms with Crippen LogP contribution in [0, 0.1) is 0 Å². The molecule has 36 heavy (non-hydrogen) atoms. The largest absolute Gasteiger partial charge is 0.351 e. The molecule has 1 aliphatic heterocycles. The topological polar surface area (TPSA) is 70.2 Å². The fraction of sp³-hybridized carbons (Fsp3) is 0.355. The highest BCUT2D eigenvalue weighted by molar-refractivity contribution is 5.93. The molecule has 0 unspecified atom stereocenters. The number of hydrogen-bond acceptors (Lipinski definition) is 3. The maximum absolute atomic E-state index is 13.8. The molecule has 1 fully saturated rings. The lowest BCUT2D eigenvalue weighted by Gasteiger charge is -2.46. The molecule has 1 atom stereocenters. The highest BCUT2D eigenvalue weighted by Gasteiger charge is 2.39. The minimum Gasteiger partial charge on any atom is -0.351 e. The summed E-state index contributed by atoms with van der Waals surface area (Å²) in [5.41, 5.74) is 2.33. The fourth-order valence-electron chi connectivity index (χ4n) is 5.67. The van der Waals surface area contributed by atoms with Gasteiger partial charge in [0.1, 0.15) is 6.04 Å². The maximum Gasteiger partial charge on any atom is 0.247 e. The standard InChI is InChI=1S/C31H37N3O2/c1-30(2)20-25(21-31(3,4)34-30)32-29(36)27(24-18-12-7-13-19-24)33-28(35)26(22-14-8-5-9-15-22)23-16-10-6-11-17-23/h5-19,25-27,34H,20-21H2,1-4H3,(H,32,36)(H,33,35)/t27-/m1/s1. The molecule has 0 bridgehead atoms. The molecule has 1 aliphatic rings. The number of benzene rings is 3. The van der Waals surface area contributed by atoms with E-state index in [1.807, 2.05) is 91.0 Å². The van der Waals surface area contributed by atoms with Gasteiger partial charge < -0.3 is 16.0 Å². The van der Waals surface area contributed by atoms with E-state index in [4.69, 9.17) is 0 Å². The summed E-state index contributed by atoms with van der Waals surface area (Å²) in [4.78, 5) is 27.5. The van der Waals surface area contributed by atoms with Crippen LogP contribution in [-0.4, -0.2) is 28.9 Å². The molecule has 188 valence electrons. The molecule has 5 heteroatoms. The predicted molar refractivity (Wildman–Crippen MR) is 145 cm³/mol. The van der Waals surface area contributed by atoms with E-state index in [0.717, 1.165) is 29.5 Å². The minimum atomic E-state index is -0.797. The van der Waals surface area contributed by atoms with E-state index in [1.165, 1.54) is 0 Å². The van der Waals surface area contributed by atoms with Crippen molar-refractivity contribution in [1.82, 2.24) is 16.0 Å². The van der Waals surface area contributed by atoms with Gasteiger partial charge in [0.2, 0.25) is 11.8 Å². The van der Waals surface area contributed by atoms with Crippen LogP contribution in [0.15, 0.2) is 91.0 Å². The first-order valence-electron chi connectivity index (χ1n) is 12.7. The van der Waals surface area contributed by atoms with Crippen LogP contribution in [0.3, 0.4) is 0 Å². The predicted octanol–water partition coefficient (Wildman–Crippen LogP) is 5.10. The summed E-state index contributed by atoms with van der Waals surface area (Å²) < 4.78 is 0. The van der Waals surface area contributed by atoms with Crippen molar-refractivity contribution in [2.24, 2.45) is 0 Å². The van der Waals surface area contributed by atoms with Crippen molar-refractivity contribution >= 4 is 11.8 Å². The summed E-state index contributed by atoms with van der Waals surface area (Å²) in [7, 11) is 0. The van der Waals surface area contributed by atoms with Gasteiger partial charge >= 0.3 is 0 Å². The zero-order valence-electron chi connectivity index (χ0n) is 21.6. The van der Waals surface area contributed by atoms with Crippen molar-refractivity contribution in [3.05, 3.63) is 108 Å². The molecule has 3 aromatic rings. The molecule has 5 nitrogen and oxygen atoms in total. The molecule has 2 amide bonds. The third-order valence-electron chi connectivity index (χ3n) is 6.75. The number of amides is 2. The number of carbonyl (C=O) groups is 2. The monoisotopic (exact) mass is 483 g/mol. The Hall–Kier alpha value is -3.44. The van der Waals surface area contributed by atoms with Crippen LogP contribution in [0.1, 0.15) is 69.2 Å². The highest BCUT2D eigenvalue weighted by Crippen LogP contribution is 2.30. The zero-order valence-corrected chi connectivity index (χ0v) is 21.6. The summed E-state index contributed by atoms with van der Waals surface area (Å²) in [6.45, 7) is 8.64. The van der Waals surface area contributed by atoms with Gasteiger partial charge in [0.25, 0.3) is 0 Å². The first-order chi connectivity index (χ1) is 17.1. The van der Waals surface area contributed by atoms with Crippen LogP contribution >= 0.6 is 0 Å². The Bertz CT molecular complexity index is 1100. The Morgan fingerprint density at radius 3 is 1.56 bits per heavy atom. The Kier molecular flexibility index (Phi) is 7.60. The number of rotatable bonds is 7. The second kappa shape index (κ2) is 10.7. The Balaban J connectivity index is 1.61. The molecule has 3 aromatic carbocycles. The third-order valence-corrected chi connectivity index (χ3v) is 6.75. The van der Waals surface area contributed by atoms with E-state index in [9.17, 15) is 9.59 Å². The van der Waals surface area contributed by atoms with Crippen LogP contribution in [0.4, 0.5) is 0 Å². The summed E-state index contributed by atoms with van der Waals surface area (Å²) in [5.74, 6) is -0.918. The van der Waals surface area contributed by atoms with Crippen LogP contribution < -0.4 is 16.0 Å². The molecule has 0 radical (unpaired) electrons. The summed E-state index contributed by atoms with van der Waals surface area (Å²) >= 11 is 0. The van der Waals surface area contributed by atoms with Crippen molar-refractivity contribution in [1.29, 1.82) is 0 Å². The third kappa shape index (κ3) is 6.41. The van der Waals surface area contributed by atoms with E-state index in [2.05, 4.69) is 43.6 Å². The second-order valence-corrected chi connectivity index (χ2v) is 11.1. The Morgan fingerprint density at radius 1 is 0.694 bits per heavy atom. The van der Waals surface area contributed by atoms with Crippen molar-refractivity contribution in [2.45, 2.75) is 69.6 Å². The van der Waals surface area contributed by atoms with Gasteiger partial charge in [-0.2, -0.15) is 0 Å². The zero-order chi connectivity index (χ0) is 25.8. The summed E-state index contributed by atoms with van der Waals surface area (Å²) in [6.07, 6.45) is 1.63. The van der Waals surface area contributed by atoms with Crippen LogP contribution in [0.5, 0.6) is 0 Å². The van der Waals surface area contributed by atoms with Crippen molar-refractivity contribution in [3.8, 4) is 0 Å². The van der Waals surface area contributed by atoms with Gasteiger partial charge in [0, 0.05) is 17.1 Å². The van der Waals surface area contributed by atoms with E-state index in [1.54, 1.807) is 0 Å². The average Bonchev–Trinajstić information content (AvgIpc) is 2.82. The van der Waals surface area contributed by atoms with Crippen LogP contribution in [0.25, 0.3) is 0 Å². The second-order valence-electron chi connectivity index (χ2n) is 11.1. The maximum atomic E-state index is 13.8. The van der Waals surface area contributed by atoms with Crippen molar-refractivity contribution in [2.75, 3.05) is 0 Å². The lowest BCUT2D eigenvalue weighted by molar-refractivity contribution is -0.130. The smallest absolute Gasteiger partial charge is 0.247 e. The lowest BCUT2D eigenvalue weighted by Crippen LogP contribution is -2.62. The number of hydrogen-bond donors (Lipinski definition) is 3. The highest BCUT2D eigenvalue weighted by atomic mass is 16.2. The minimum absolute atomic E-state index is 0.00547. The summed E-state index contributed by atoms with van der Waals surface area (Å²) in [6, 6.07) is 28.1. The fourth-order valence-corrected chi connectivity index (χ4v) is 5.67. The Morgan fingerprint density at radius 2 is 1.11 bits per heavy atom. The van der Waals surface area contributed by atoms with Crippen LogP contribution in [-0.2, 0) is 9.59 Å². The Labute approximate surface area is 214 Å². The normalized spacial score (nSPS) is 17.8. The number of piperidine rings is 1. The molecule has 0 aliphatic carbocycles. The van der Waals surface area contributed by atoms with Gasteiger partial charge in [-0.25, -0.2) is 0 Å². The van der Waals surface area contributed by atoms with Gasteiger partial charge in [-0.3, -0.25) is 9.59 Å². The SMILES string of the molecule is CC1(C)CC(NC(=O)[C@H](NC(=O)C(c2ccccc2)c2ccccc2)c2ccccc2)CC(C)(C)N1. The van der Waals surface area contributed by atoms with Gasteiger partial charge in [-0.05, 0) is 57.2 Å². The van der Waals surface area contributed by atoms with E-state index in [0.29, 0.717) is 0 Å². The molecule has 1 saturated heterocycles. The summed E-state index contributed by atoms with van der Waals surface area (Å²) in [5, 5.41) is 10.0. The number of nitrogens with one attached hydrogen (secondary N) is 3. The lowest BCUT2D eigenvalue weighted by atomic mass is 9.79. The first-order valence-corrected chi connectivity index (χ1v) is 12.7. The van der Waals surface area contributed by atoms with Crippen molar-refractivity contribution < 1.29 is 9.59 Å². The molecular formula is C31H37N3O2. The van der Waals surface area contributed by atoms with Crippen molar-refractivity contribution in [3.63, 3.8) is 0 Å². The van der Waals surface area contributed by atoms with E-state index in [-0.39, 0.29) is 28.9 Å². The van der Waals surface area contributed by atoms with Crippen LogP contribution in [0.2, 0.25) is 0 Å². The molecule has 4 rings (SSSR count). The molecule has 0 aromatic heterocycles. The van der Waals surface area contributed by atoms with E-state index >= 15 is 0 Å². The average molecular weight is 484 g/mol. The quantitative estimate of drug-likeness (QED) is 0.438. The first kappa shape index (κ1) is 25.6. The number of carbonyl (C=O) groups excluding carboxylic acids is 2. The van der Waals surface area contributed by atoms with Gasteiger partial charge in [0.15, 0.2) is 0 Å². The van der Waals surface area contributed by atoms with Gasteiger partial charge in [-0.1, -0.05) is 91.0 Å².